The van der Waals surface area contributed by atoms with E-state index < -0.39 is 10.2 Å². The molecule has 0 N–H and O–H groups in total. The van der Waals surface area contributed by atoms with Crippen molar-refractivity contribution in [1.29, 1.82) is 0 Å². The van der Waals surface area contributed by atoms with Crippen LogP contribution in [0.3, 0.4) is 0 Å². The Balaban J connectivity index is 1.63. The molecule has 128 valence electrons. The summed E-state index contributed by atoms with van der Waals surface area (Å²) in [5.74, 6) is 0.638. The summed E-state index contributed by atoms with van der Waals surface area (Å²) in [6.45, 7) is 8.30. The quantitative estimate of drug-likeness (QED) is 0.848. The molecule has 0 radical (unpaired) electrons. The highest BCUT2D eigenvalue weighted by Crippen LogP contribution is 2.24. The van der Waals surface area contributed by atoms with E-state index in [2.05, 4.69) is 30.9 Å². The van der Waals surface area contributed by atoms with Gasteiger partial charge in [0.05, 0.1) is 0 Å². The molecule has 1 aromatic rings. The Morgan fingerprint density at radius 3 is 2.09 bits per heavy atom. The topological polar surface area (TPSA) is 43.9 Å². The molecule has 0 bridgehead atoms. The first kappa shape index (κ1) is 16.7. The zero-order valence-electron chi connectivity index (χ0n) is 14.1. The highest BCUT2D eigenvalue weighted by molar-refractivity contribution is 7.86. The highest BCUT2D eigenvalue weighted by Gasteiger charge is 2.34. The van der Waals surface area contributed by atoms with Crippen LogP contribution < -0.4 is 4.90 Å². The number of rotatable bonds is 3. The van der Waals surface area contributed by atoms with Crippen LogP contribution in [0, 0.1) is 12.8 Å². The van der Waals surface area contributed by atoms with Crippen molar-refractivity contribution in [3.63, 3.8) is 0 Å². The Kier molecular flexibility index (Phi) is 4.94. The zero-order valence-corrected chi connectivity index (χ0v) is 14.9. The molecule has 2 fully saturated rings. The molecule has 0 spiro atoms. The summed E-state index contributed by atoms with van der Waals surface area (Å²) in [5.41, 5.74) is 2.46. The number of hydrogen-bond acceptors (Lipinski definition) is 3. The minimum absolute atomic E-state index is 0.572. The monoisotopic (exact) mass is 337 g/mol. The van der Waals surface area contributed by atoms with Crippen molar-refractivity contribution in [2.45, 2.75) is 26.7 Å². The van der Waals surface area contributed by atoms with E-state index in [0.717, 1.165) is 25.9 Å². The van der Waals surface area contributed by atoms with Crippen LogP contribution in [0.4, 0.5) is 5.69 Å². The van der Waals surface area contributed by atoms with Crippen LogP contribution in [0.5, 0.6) is 0 Å². The molecule has 1 aromatic carbocycles. The summed E-state index contributed by atoms with van der Waals surface area (Å²) >= 11 is 0. The number of nitrogens with zero attached hydrogens (tertiary/aromatic N) is 3. The van der Waals surface area contributed by atoms with E-state index >= 15 is 0 Å². The van der Waals surface area contributed by atoms with Crippen LogP contribution in [0.15, 0.2) is 24.3 Å². The van der Waals surface area contributed by atoms with Crippen LogP contribution in [-0.4, -0.2) is 56.3 Å². The molecule has 3 rings (SSSR count). The molecule has 2 aliphatic rings. The number of para-hydroxylation sites is 1. The second-order valence-corrected chi connectivity index (χ2v) is 8.69. The number of piperidine rings is 1. The van der Waals surface area contributed by atoms with Gasteiger partial charge in [-0.05, 0) is 37.3 Å². The lowest BCUT2D eigenvalue weighted by Gasteiger charge is -2.39. The average molecular weight is 337 g/mol. The van der Waals surface area contributed by atoms with Crippen molar-refractivity contribution in [1.82, 2.24) is 8.61 Å². The van der Waals surface area contributed by atoms with Gasteiger partial charge < -0.3 is 4.90 Å². The van der Waals surface area contributed by atoms with E-state index in [1.54, 1.807) is 8.61 Å². The summed E-state index contributed by atoms with van der Waals surface area (Å²) in [6, 6.07) is 8.30. The first-order valence-corrected chi connectivity index (χ1v) is 9.94. The van der Waals surface area contributed by atoms with E-state index in [1.807, 2.05) is 12.1 Å². The minimum Gasteiger partial charge on any atom is -0.369 e. The maximum Gasteiger partial charge on any atom is 0.282 e. The van der Waals surface area contributed by atoms with E-state index in [9.17, 15) is 8.42 Å². The molecular weight excluding hydrogens is 310 g/mol. The molecule has 2 saturated heterocycles. The van der Waals surface area contributed by atoms with Gasteiger partial charge >= 0.3 is 0 Å². The molecule has 0 aliphatic carbocycles. The molecule has 0 unspecified atom stereocenters. The van der Waals surface area contributed by atoms with Crippen molar-refractivity contribution in [2.24, 2.45) is 5.92 Å². The second-order valence-electron chi connectivity index (χ2n) is 6.76. The number of hydrogen-bond donors (Lipinski definition) is 0. The van der Waals surface area contributed by atoms with Gasteiger partial charge in [-0.25, -0.2) is 0 Å². The molecule has 0 atom stereocenters. The molecule has 2 heterocycles. The Labute approximate surface area is 140 Å². The second kappa shape index (κ2) is 6.79. The van der Waals surface area contributed by atoms with E-state index in [-0.39, 0.29) is 0 Å². The van der Waals surface area contributed by atoms with Gasteiger partial charge in [0.1, 0.15) is 0 Å². The van der Waals surface area contributed by atoms with Crippen molar-refractivity contribution in [2.75, 3.05) is 44.2 Å². The van der Waals surface area contributed by atoms with Gasteiger partial charge in [0, 0.05) is 45.0 Å². The summed E-state index contributed by atoms with van der Waals surface area (Å²) in [5, 5.41) is 0. The largest absolute Gasteiger partial charge is 0.369 e. The van der Waals surface area contributed by atoms with Crippen molar-refractivity contribution < 1.29 is 8.42 Å². The molecule has 2 aliphatic heterocycles. The fourth-order valence-corrected chi connectivity index (χ4v) is 5.08. The number of aryl methyl sites for hydroxylation is 1. The molecular formula is C17H27N3O2S. The first-order chi connectivity index (χ1) is 11.0. The third kappa shape index (κ3) is 3.54. The van der Waals surface area contributed by atoms with Gasteiger partial charge in [-0.1, -0.05) is 25.1 Å². The van der Waals surface area contributed by atoms with Gasteiger partial charge in [0.15, 0.2) is 0 Å². The first-order valence-electron chi connectivity index (χ1n) is 8.54. The Morgan fingerprint density at radius 1 is 0.913 bits per heavy atom. The maximum absolute atomic E-state index is 12.8. The molecule has 0 aromatic heterocycles. The molecule has 5 nitrogen and oxygen atoms in total. The SMILES string of the molecule is Cc1ccccc1N1CCN(S(=O)(=O)N2CCC(C)CC2)CC1. The van der Waals surface area contributed by atoms with Crippen molar-refractivity contribution >= 4 is 15.9 Å². The Bertz CT molecular complexity index is 631. The number of benzene rings is 1. The van der Waals surface area contributed by atoms with Crippen LogP contribution in [0.25, 0.3) is 0 Å². The molecule has 23 heavy (non-hydrogen) atoms. The lowest BCUT2D eigenvalue weighted by atomic mass is 10.0. The molecule has 0 saturated carbocycles. The van der Waals surface area contributed by atoms with Crippen molar-refractivity contribution in [3.05, 3.63) is 29.8 Å². The van der Waals surface area contributed by atoms with Gasteiger partial charge in [-0.15, -0.1) is 0 Å². The van der Waals surface area contributed by atoms with Gasteiger partial charge in [0.25, 0.3) is 10.2 Å². The standard InChI is InChI=1S/C17H27N3O2S/c1-15-7-9-19(10-8-15)23(21,22)20-13-11-18(12-14-20)17-6-4-3-5-16(17)2/h3-6,15H,7-14H2,1-2H3. The highest BCUT2D eigenvalue weighted by atomic mass is 32.2. The Hall–Kier alpha value is -1.11. The van der Waals surface area contributed by atoms with Crippen LogP contribution >= 0.6 is 0 Å². The summed E-state index contributed by atoms with van der Waals surface area (Å²) < 4.78 is 28.9. The lowest BCUT2D eigenvalue weighted by Crippen LogP contribution is -2.54. The lowest BCUT2D eigenvalue weighted by molar-refractivity contribution is 0.260. The van der Waals surface area contributed by atoms with Crippen LogP contribution in [0.1, 0.15) is 25.3 Å². The normalized spacial score (nSPS) is 22.4. The predicted octanol–water partition coefficient (Wildman–Crippen LogP) is 2.09. The third-order valence-corrected chi connectivity index (χ3v) is 7.13. The third-order valence-electron chi connectivity index (χ3n) is 5.09. The fourth-order valence-electron chi connectivity index (χ4n) is 3.46. The molecule has 0 amide bonds. The number of anilines is 1. The van der Waals surface area contributed by atoms with Gasteiger partial charge in [-0.3, -0.25) is 0 Å². The Morgan fingerprint density at radius 2 is 1.48 bits per heavy atom. The van der Waals surface area contributed by atoms with Crippen LogP contribution in [-0.2, 0) is 10.2 Å². The van der Waals surface area contributed by atoms with Gasteiger partial charge in [0.2, 0.25) is 0 Å². The summed E-state index contributed by atoms with van der Waals surface area (Å²) in [4.78, 5) is 2.29. The van der Waals surface area contributed by atoms with E-state index in [1.165, 1.54) is 11.3 Å². The molecule has 6 heteroatoms. The van der Waals surface area contributed by atoms with Crippen molar-refractivity contribution in [3.8, 4) is 0 Å². The summed E-state index contributed by atoms with van der Waals surface area (Å²) in [6.07, 6.45) is 1.95. The zero-order chi connectivity index (χ0) is 16.4. The minimum atomic E-state index is -3.28. The van der Waals surface area contributed by atoms with Gasteiger partial charge in [-0.2, -0.15) is 17.0 Å². The smallest absolute Gasteiger partial charge is 0.282 e. The van der Waals surface area contributed by atoms with E-state index in [0.29, 0.717) is 32.1 Å². The van der Waals surface area contributed by atoms with E-state index in [4.69, 9.17) is 0 Å². The fraction of sp³-hybridized carbons (Fsp3) is 0.647. The summed E-state index contributed by atoms with van der Waals surface area (Å²) in [7, 11) is -3.28. The predicted molar refractivity (Wildman–Crippen MR) is 93.9 cm³/mol. The maximum atomic E-state index is 12.8. The number of piperazine rings is 1. The van der Waals surface area contributed by atoms with Crippen LogP contribution in [0.2, 0.25) is 0 Å². The average Bonchev–Trinajstić information content (AvgIpc) is 2.56.